The Balaban J connectivity index is 1.66. The molecule has 1 aromatic heterocycles. The van der Waals surface area contributed by atoms with Gasteiger partial charge in [0.2, 0.25) is 11.8 Å². The molecule has 0 bridgehead atoms. The first kappa shape index (κ1) is 17.3. The topological polar surface area (TPSA) is 87.2 Å². The van der Waals surface area contributed by atoms with Crippen LogP contribution in [0.15, 0.2) is 54.9 Å². The smallest absolute Gasteiger partial charge is 0.243 e. The number of fused-ring (bicyclic) bond motifs is 1. The molecule has 0 unspecified atom stereocenters. The number of nitrogens with one attached hydrogen (secondary N) is 2. The summed E-state index contributed by atoms with van der Waals surface area (Å²) in [7, 11) is 1.81. The average molecular weight is 349 g/mol. The number of para-hydroxylation sites is 1. The molecule has 7 nitrogen and oxygen atoms in total. The molecular formula is C19H19N5O2. The molecule has 26 heavy (non-hydrogen) atoms. The van der Waals surface area contributed by atoms with Crippen LogP contribution >= 0.6 is 0 Å². The third-order valence-electron chi connectivity index (χ3n) is 3.75. The standard InChI is InChI=1S/C19H19N5O2/c1-13(25)22-14-7-9-15(10-8-14)23-18(26)11-24(2)19-16-5-3-4-6-17(16)20-12-21-19/h3-10,12H,11H2,1-2H3,(H,22,25)(H,23,26). The Hall–Kier alpha value is -3.48. The van der Waals surface area contributed by atoms with Crippen LogP contribution in [0, 0.1) is 0 Å². The molecule has 0 saturated carbocycles. The summed E-state index contributed by atoms with van der Waals surface area (Å²) in [4.78, 5) is 33.7. The molecule has 0 aliphatic rings. The van der Waals surface area contributed by atoms with Gasteiger partial charge < -0.3 is 15.5 Å². The predicted octanol–water partition coefficient (Wildman–Crippen LogP) is 2.66. The number of hydrogen-bond donors (Lipinski definition) is 2. The second-order valence-electron chi connectivity index (χ2n) is 5.88. The molecule has 2 amide bonds. The van der Waals surface area contributed by atoms with Crippen LogP contribution in [-0.4, -0.2) is 35.4 Å². The quantitative estimate of drug-likeness (QED) is 0.739. The normalized spacial score (nSPS) is 10.4. The number of likely N-dealkylation sites (N-methyl/N-ethyl adjacent to an activating group) is 1. The van der Waals surface area contributed by atoms with Crippen molar-refractivity contribution in [3.63, 3.8) is 0 Å². The van der Waals surface area contributed by atoms with Crippen molar-refractivity contribution in [1.29, 1.82) is 0 Å². The van der Waals surface area contributed by atoms with Gasteiger partial charge in [-0.1, -0.05) is 12.1 Å². The lowest BCUT2D eigenvalue weighted by Crippen LogP contribution is -2.30. The summed E-state index contributed by atoms with van der Waals surface area (Å²) in [5, 5.41) is 6.41. The SMILES string of the molecule is CC(=O)Nc1ccc(NC(=O)CN(C)c2ncnc3ccccc23)cc1. The van der Waals surface area contributed by atoms with E-state index in [1.54, 1.807) is 29.2 Å². The van der Waals surface area contributed by atoms with E-state index in [2.05, 4.69) is 20.6 Å². The molecule has 2 aromatic carbocycles. The molecule has 0 atom stereocenters. The van der Waals surface area contributed by atoms with E-state index in [0.29, 0.717) is 17.2 Å². The summed E-state index contributed by atoms with van der Waals surface area (Å²) in [5.74, 6) is 0.398. The molecule has 1 heterocycles. The third-order valence-corrected chi connectivity index (χ3v) is 3.75. The number of benzene rings is 2. The Morgan fingerprint density at radius 1 is 0.962 bits per heavy atom. The van der Waals surface area contributed by atoms with E-state index in [9.17, 15) is 9.59 Å². The Labute approximate surface area is 151 Å². The van der Waals surface area contributed by atoms with E-state index < -0.39 is 0 Å². The van der Waals surface area contributed by atoms with Crippen molar-refractivity contribution in [2.45, 2.75) is 6.92 Å². The number of hydrogen-bond acceptors (Lipinski definition) is 5. The first-order chi connectivity index (χ1) is 12.5. The summed E-state index contributed by atoms with van der Waals surface area (Å²) in [6.45, 7) is 1.59. The highest BCUT2D eigenvalue weighted by Gasteiger charge is 2.12. The zero-order valence-electron chi connectivity index (χ0n) is 14.6. The predicted molar refractivity (Wildman–Crippen MR) is 102 cm³/mol. The molecule has 132 valence electrons. The van der Waals surface area contributed by atoms with Crippen molar-refractivity contribution < 1.29 is 9.59 Å². The molecule has 0 spiro atoms. The van der Waals surface area contributed by atoms with E-state index in [1.807, 2.05) is 31.3 Å². The van der Waals surface area contributed by atoms with Crippen LogP contribution in [0.4, 0.5) is 17.2 Å². The van der Waals surface area contributed by atoms with Gasteiger partial charge in [-0.2, -0.15) is 0 Å². The van der Waals surface area contributed by atoms with Crippen molar-refractivity contribution in [2.24, 2.45) is 0 Å². The molecule has 2 N–H and O–H groups in total. The van der Waals surface area contributed by atoms with Gasteiger partial charge in [0.1, 0.15) is 12.1 Å². The summed E-state index contributed by atoms with van der Waals surface area (Å²) in [6, 6.07) is 14.6. The minimum atomic E-state index is -0.164. The molecule has 3 aromatic rings. The van der Waals surface area contributed by atoms with Gasteiger partial charge in [-0.25, -0.2) is 9.97 Å². The lowest BCUT2D eigenvalue weighted by atomic mass is 10.2. The monoisotopic (exact) mass is 349 g/mol. The second kappa shape index (κ2) is 7.60. The lowest BCUT2D eigenvalue weighted by Gasteiger charge is -2.19. The maximum atomic E-state index is 12.3. The summed E-state index contributed by atoms with van der Waals surface area (Å²) in [6.07, 6.45) is 1.49. The fourth-order valence-electron chi connectivity index (χ4n) is 2.63. The van der Waals surface area contributed by atoms with Crippen LogP contribution in [-0.2, 0) is 9.59 Å². The Bertz CT molecular complexity index is 935. The molecule has 3 rings (SSSR count). The van der Waals surface area contributed by atoms with E-state index in [-0.39, 0.29) is 18.4 Å². The van der Waals surface area contributed by atoms with E-state index in [0.717, 1.165) is 10.9 Å². The lowest BCUT2D eigenvalue weighted by molar-refractivity contribution is -0.115. The molecule has 0 aliphatic carbocycles. The zero-order valence-corrected chi connectivity index (χ0v) is 14.6. The fourth-order valence-corrected chi connectivity index (χ4v) is 2.63. The molecule has 0 saturated heterocycles. The molecule has 0 aliphatic heterocycles. The van der Waals surface area contributed by atoms with Gasteiger partial charge in [0.25, 0.3) is 0 Å². The Morgan fingerprint density at radius 2 is 1.62 bits per heavy atom. The Morgan fingerprint density at radius 3 is 2.31 bits per heavy atom. The average Bonchev–Trinajstić information content (AvgIpc) is 2.62. The molecule has 0 radical (unpaired) electrons. The largest absolute Gasteiger partial charge is 0.350 e. The second-order valence-corrected chi connectivity index (χ2v) is 5.88. The minimum Gasteiger partial charge on any atom is -0.350 e. The number of nitrogens with zero attached hydrogens (tertiary/aromatic N) is 3. The van der Waals surface area contributed by atoms with Gasteiger partial charge in [-0.05, 0) is 36.4 Å². The summed E-state index contributed by atoms with van der Waals surface area (Å²) in [5.41, 5.74) is 2.17. The number of rotatable bonds is 5. The van der Waals surface area contributed by atoms with Crippen LogP contribution in [0.5, 0.6) is 0 Å². The van der Waals surface area contributed by atoms with Gasteiger partial charge in [0, 0.05) is 30.7 Å². The highest BCUT2D eigenvalue weighted by Crippen LogP contribution is 2.21. The first-order valence-corrected chi connectivity index (χ1v) is 8.11. The number of anilines is 3. The van der Waals surface area contributed by atoms with Crippen molar-refractivity contribution in [3.05, 3.63) is 54.9 Å². The number of aromatic nitrogens is 2. The van der Waals surface area contributed by atoms with Gasteiger partial charge in [0.05, 0.1) is 12.1 Å². The first-order valence-electron chi connectivity index (χ1n) is 8.11. The maximum absolute atomic E-state index is 12.3. The van der Waals surface area contributed by atoms with Gasteiger partial charge in [-0.15, -0.1) is 0 Å². The van der Waals surface area contributed by atoms with Crippen molar-refractivity contribution in [1.82, 2.24) is 9.97 Å². The molecule has 0 fully saturated rings. The maximum Gasteiger partial charge on any atom is 0.243 e. The third kappa shape index (κ3) is 4.13. The molecular weight excluding hydrogens is 330 g/mol. The molecule has 7 heteroatoms. The van der Waals surface area contributed by atoms with Crippen LogP contribution in [0.25, 0.3) is 10.9 Å². The van der Waals surface area contributed by atoms with Gasteiger partial charge >= 0.3 is 0 Å². The van der Waals surface area contributed by atoms with Crippen molar-refractivity contribution in [3.8, 4) is 0 Å². The fraction of sp³-hybridized carbons (Fsp3) is 0.158. The van der Waals surface area contributed by atoms with Crippen molar-refractivity contribution >= 4 is 39.9 Å². The number of carbonyl (C=O) groups is 2. The summed E-state index contributed by atoms with van der Waals surface area (Å²) >= 11 is 0. The van der Waals surface area contributed by atoms with Crippen LogP contribution < -0.4 is 15.5 Å². The van der Waals surface area contributed by atoms with Crippen LogP contribution in [0.2, 0.25) is 0 Å². The summed E-state index contributed by atoms with van der Waals surface area (Å²) < 4.78 is 0. The van der Waals surface area contributed by atoms with E-state index in [1.165, 1.54) is 13.3 Å². The van der Waals surface area contributed by atoms with Crippen LogP contribution in [0.1, 0.15) is 6.92 Å². The Kier molecular flexibility index (Phi) is 5.07. The minimum absolute atomic E-state index is 0.138. The number of carbonyl (C=O) groups excluding carboxylic acids is 2. The van der Waals surface area contributed by atoms with Crippen molar-refractivity contribution in [2.75, 3.05) is 29.1 Å². The van der Waals surface area contributed by atoms with E-state index >= 15 is 0 Å². The number of amides is 2. The van der Waals surface area contributed by atoms with Gasteiger partial charge in [-0.3, -0.25) is 9.59 Å². The highest BCUT2D eigenvalue weighted by molar-refractivity contribution is 5.96. The van der Waals surface area contributed by atoms with E-state index in [4.69, 9.17) is 0 Å². The van der Waals surface area contributed by atoms with Gasteiger partial charge in [0.15, 0.2) is 0 Å². The zero-order chi connectivity index (χ0) is 18.5. The van der Waals surface area contributed by atoms with Crippen LogP contribution in [0.3, 0.4) is 0 Å². The highest BCUT2D eigenvalue weighted by atomic mass is 16.2.